The average Bonchev–Trinajstić information content (AvgIpc) is 2.31. The standard InChI is InChI=1S/C11H14ClN3O2/c1-7(12)10(16)14-8-3-5-9(6-4-8)15-11(17)13-2/h3-7H,1-2H3,(H,14,16)(H2,13,15,17). The van der Waals surface area contributed by atoms with Gasteiger partial charge in [-0.2, -0.15) is 0 Å². The summed E-state index contributed by atoms with van der Waals surface area (Å²) < 4.78 is 0. The van der Waals surface area contributed by atoms with E-state index in [4.69, 9.17) is 11.6 Å². The zero-order chi connectivity index (χ0) is 12.8. The summed E-state index contributed by atoms with van der Waals surface area (Å²) in [6.45, 7) is 1.60. The fourth-order valence-corrected chi connectivity index (χ4v) is 1.13. The van der Waals surface area contributed by atoms with Gasteiger partial charge in [-0.1, -0.05) is 0 Å². The fraction of sp³-hybridized carbons (Fsp3) is 0.273. The molecular weight excluding hydrogens is 242 g/mol. The third-order valence-electron chi connectivity index (χ3n) is 2.00. The summed E-state index contributed by atoms with van der Waals surface area (Å²) in [6, 6.07) is 6.44. The Morgan fingerprint density at radius 1 is 1.12 bits per heavy atom. The van der Waals surface area contributed by atoms with Crippen LogP contribution in [0, 0.1) is 0 Å². The first-order chi connectivity index (χ1) is 8.02. The fourth-order valence-electron chi connectivity index (χ4n) is 1.07. The van der Waals surface area contributed by atoms with Gasteiger partial charge in [0.25, 0.3) is 0 Å². The Morgan fingerprint density at radius 2 is 1.59 bits per heavy atom. The van der Waals surface area contributed by atoms with Crippen LogP contribution in [0.3, 0.4) is 0 Å². The molecule has 1 aromatic carbocycles. The molecule has 17 heavy (non-hydrogen) atoms. The normalized spacial score (nSPS) is 11.5. The van der Waals surface area contributed by atoms with Gasteiger partial charge in [-0.15, -0.1) is 11.6 Å². The maximum atomic E-state index is 11.3. The second-order valence-electron chi connectivity index (χ2n) is 3.39. The summed E-state index contributed by atoms with van der Waals surface area (Å²) >= 11 is 5.62. The molecule has 0 aliphatic rings. The Hall–Kier alpha value is -1.75. The van der Waals surface area contributed by atoms with Crippen LogP contribution in [0.15, 0.2) is 24.3 Å². The molecule has 0 aliphatic carbocycles. The molecule has 1 rings (SSSR count). The summed E-state index contributed by atoms with van der Waals surface area (Å²) in [5.41, 5.74) is 1.27. The molecule has 0 bridgehead atoms. The van der Waals surface area contributed by atoms with E-state index in [1.54, 1.807) is 31.2 Å². The first-order valence-electron chi connectivity index (χ1n) is 5.06. The lowest BCUT2D eigenvalue weighted by atomic mass is 10.2. The molecule has 1 atom stereocenters. The predicted octanol–water partition coefficient (Wildman–Crippen LogP) is 2.00. The van der Waals surface area contributed by atoms with E-state index >= 15 is 0 Å². The summed E-state index contributed by atoms with van der Waals surface area (Å²) in [4.78, 5) is 22.3. The molecular formula is C11H14ClN3O2. The van der Waals surface area contributed by atoms with Gasteiger partial charge >= 0.3 is 6.03 Å². The minimum atomic E-state index is -0.585. The van der Waals surface area contributed by atoms with Crippen molar-refractivity contribution < 1.29 is 9.59 Å². The molecule has 3 N–H and O–H groups in total. The molecule has 0 radical (unpaired) electrons. The van der Waals surface area contributed by atoms with Gasteiger partial charge in [-0.05, 0) is 31.2 Å². The molecule has 1 aromatic rings. The van der Waals surface area contributed by atoms with Crippen LogP contribution in [-0.4, -0.2) is 24.4 Å². The number of halogens is 1. The number of amides is 3. The van der Waals surface area contributed by atoms with E-state index < -0.39 is 5.38 Å². The van der Waals surface area contributed by atoms with Crippen LogP contribution in [0.2, 0.25) is 0 Å². The number of nitrogens with one attached hydrogen (secondary N) is 3. The van der Waals surface area contributed by atoms with Crippen molar-refractivity contribution in [2.75, 3.05) is 17.7 Å². The number of anilines is 2. The number of hydrogen-bond acceptors (Lipinski definition) is 2. The van der Waals surface area contributed by atoms with E-state index in [1.807, 2.05) is 0 Å². The summed E-state index contributed by atoms with van der Waals surface area (Å²) in [7, 11) is 1.53. The van der Waals surface area contributed by atoms with Gasteiger partial charge in [0.1, 0.15) is 5.38 Å². The van der Waals surface area contributed by atoms with E-state index in [0.717, 1.165) is 0 Å². The minimum Gasteiger partial charge on any atom is -0.341 e. The Kier molecular flexibility index (Phi) is 4.78. The number of hydrogen-bond donors (Lipinski definition) is 3. The molecule has 0 aromatic heterocycles. The van der Waals surface area contributed by atoms with Crippen LogP contribution in [0.25, 0.3) is 0 Å². The highest BCUT2D eigenvalue weighted by atomic mass is 35.5. The van der Waals surface area contributed by atoms with Gasteiger partial charge in [0.2, 0.25) is 5.91 Å². The number of benzene rings is 1. The molecule has 0 aliphatic heterocycles. The Morgan fingerprint density at radius 3 is 2.00 bits per heavy atom. The van der Waals surface area contributed by atoms with Crippen molar-refractivity contribution in [2.24, 2.45) is 0 Å². The number of carbonyl (C=O) groups is 2. The molecule has 92 valence electrons. The van der Waals surface area contributed by atoms with Gasteiger partial charge < -0.3 is 16.0 Å². The average molecular weight is 256 g/mol. The lowest BCUT2D eigenvalue weighted by Gasteiger charge is -2.08. The summed E-state index contributed by atoms with van der Waals surface area (Å²) in [6.07, 6.45) is 0. The van der Waals surface area contributed by atoms with Gasteiger partial charge in [0, 0.05) is 18.4 Å². The quantitative estimate of drug-likeness (QED) is 0.723. The highest BCUT2D eigenvalue weighted by Gasteiger charge is 2.08. The van der Waals surface area contributed by atoms with Crippen molar-refractivity contribution in [3.63, 3.8) is 0 Å². The first-order valence-corrected chi connectivity index (χ1v) is 5.50. The number of carbonyl (C=O) groups excluding carboxylic acids is 2. The second-order valence-corrected chi connectivity index (χ2v) is 4.04. The molecule has 3 amide bonds. The van der Waals surface area contributed by atoms with Crippen LogP contribution in [0.1, 0.15) is 6.92 Å². The van der Waals surface area contributed by atoms with E-state index in [2.05, 4.69) is 16.0 Å². The highest BCUT2D eigenvalue weighted by molar-refractivity contribution is 6.32. The van der Waals surface area contributed by atoms with E-state index in [9.17, 15) is 9.59 Å². The topological polar surface area (TPSA) is 70.2 Å². The van der Waals surface area contributed by atoms with Crippen LogP contribution in [0.4, 0.5) is 16.2 Å². The summed E-state index contributed by atoms with van der Waals surface area (Å²) in [5, 5.41) is 7.10. The molecule has 0 spiro atoms. The second kappa shape index (κ2) is 6.10. The molecule has 5 nitrogen and oxygen atoms in total. The number of alkyl halides is 1. The molecule has 0 saturated heterocycles. The van der Waals surface area contributed by atoms with Crippen LogP contribution in [-0.2, 0) is 4.79 Å². The van der Waals surface area contributed by atoms with Crippen molar-refractivity contribution in [2.45, 2.75) is 12.3 Å². The Bertz CT molecular complexity index is 404. The largest absolute Gasteiger partial charge is 0.341 e. The van der Waals surface area contributed by atoms with Crippen molar-refractivity contribution in [3.05, 3.63) is 24.3 Å². The summed E-state index contributed by atoms with van der Waals surface area (Å²) in [5.74, 6) is -0.265. The SMILES string of the molecule is CNC(=O)Nc1ccc(NC(=O)C(C)Cl)cc1. The molecule has 0 fully saturated rings. The van der Waals surface area contributed by atoms with Crippen molar-refractivity contribution in [1.82, 2.24) is 5.32 Å². The van der Waals surface area contributed by atoms with Crippen LogP contribution >= 0.6 is 11.6 Å². The third-order valence-corrected chi connectivity index (χ3v) is 2.20. The lowest BCUT2D eigenvalue weighted by molar-refractivity contribution is -0.115. The van der Waals surface area contributed by atoms with Gasteiger partial charge in [0.05, 0.1) is 0 Å². The number of rotatable bonds is 3. The maximum Gasteiger partial charge on any atom is 0.318 e. The third kappa shape index (κ3) is 4.32. The molecule has 1 unspecified atom stereocenters. The van der Waals surface area contributed by atoms with Gasteiger partial charge in [-0.3, -0.25) is 4.79 Å². The molecule has 0 heterocycles. The smallest absolute Gasteiger partial charge is 0.318 e. The van der Waals surface area contributed by atoms with Crippen molar-refractivity contribution >= 4 is 34.9 Å². The van der Waals surface area contributed by atoms with Crippen molar-refractivity contribution in [1.29, 1.82) is 0 Å². The van der Waals surface area contributed by atoms with Crippen molar-refractivity contribution in [3.8, 4) is 0 Å². The van der Waals surface area contributed by atoms with E-state index in [0.29, 0.717) is 11.4 Å². The molecule has 6 heteroatoms. The van der Waals surface area contributed by atoms with Gasteiger partial charge in [-0.25, -0.2) is 4.79 Å². The maximum absolute atomic E-state index is 11.3. The predicted molar refractivity (Wildman–Crippen MR) is 68.5 cm³/mol. The van der Waals surface area contributed by atoms with E-state index in [-0.39, 0.29) is 11.9 Å². The monoisotopic (exact) mass is 255 g/mol. The van der Waals surface area contributed by atoms with Crippen LogP contribution < -0.4 is 16.0 Å². The van der Waals surface area contributed by atoms with Gasteiger partial charge in [0.15, 0.2) is 0 Å². The highest BCUT2D eigenvalue weighted by Crippen LogP contribution is 2.14. The molecule has 0 saturated carbocycles. The Labute approximate surface area is 105 Å². The first kappa shape index (κ1) is 13.3. The Balaban J connectivity index is 2.62. The van der Waals surface area contributed by atoms with Crippen LogP contribution in [0.5, 0.6) is 0 Å². The number of urea groups is 1. The zero-order valence-corrected chi connectivity index (χ0v) is 10.3. The van der Waals surface area contributed by atoms with E-state index in [1.165, 1.54) is 7.05 Å². The minimum absolute atomic E-state index is 0.265. The lowest BCUT2D eigenvalue weighted by Crippen LogP contribution is -2.24. The zero-order valence-electron chi connectivity index (χ0n) is 9.58.